The Kier molecular flexibility index (Phi) is 8.06. The molecule has 2 unspecified atom stereocenters. The molecule has 4 heteroatoms. The maximum atomic E-state index is 13.3. The molecule has 0 heterocycles. The van der Waals surface area contributed by atoms with Crippen LogP contribution >= 0.6 is 0 Å². The van der Waals surface area contributed by atoms with E-state index < -0.39 is 10.0 Å². The van der Waals surface area contributed by atoms with Gasteiger partial charge in [0.2, 0.25) is 10.0 Å². The van der Waals surface area contributed by atoms with Gasteiger partial charge >= 0.3 is 0 Å². The molecule has 0 aromatic heterocycles. The number of aryl methyl sites for hydroxylation is 1. The SMILES string of the molecule is CCCCCCC(C)C(c1ccccc1)N(C)S(=O)(=O)c1ccc(C)cc1. The number of benzene rings is 2. The Labute approximate surface area is 165 Å². The fraction of sp³-hybridized carbons (Fsp3) is 0.478. The van der Waals surface area contributed by atoms with Gasteiger partial charge in [-0.15, -0.1) is 0 Å². The zero-order valence-electron chi connectivity index (χ0n) is 17.1. The van der Waals surface area contributed by atoms with Crippen LogP contribution in [-0.4, -0.2) is 19.8 Å². The maximum Gasteiger partial charge on any atom is 0.243 e. The molecule has 0 aliphatic carbocycles. The summed E-state index contributed by atoms with van der Waals surface area (Å²) in [5, 5.41) is 0. The zero-order chi connectivity index (χ0) is 19.9. The van der Waals surface area contributed by atoms with Crippen LogP contribution in [0.2, 0.25) is 0 Å². The Balaban J connectivity index is 2.30. The molecule has 3 nitrogen and oxygen atoms in total. The summed E-state index contributed by atoms with van der Waals surface area (Å²) in [5.41, 5.74) is 2.11. The first kappa shape index (κ1) is 21.6. The van der Waals surface area contributed by atoms with Crippen LogP contribution in [0.1, 0.15) is 63.1 Å². The quantitative estimate of drug-likeness (QED) is 0.471. The topological polar surface area (TPSA) is 37.4 Å². The van der Waals surface area contributed by atoms with Crippen LogP contribution in [-0.2, 0) is 10.0 Å². The first-order valence-corrected chi connectivity index (χ1v) is 11.4. The first-order valence-electron chi connectivity index (χ1n) is 9.97. The lowest BCUT2D eigenvalue weighted by Crippen LogP contribution is -2.35. The molecular formula is C23H33NO2S. The normalized spacial score (nSPS) is 14.3. The number of hydrogen-bond donors (Lipinski definition) is 0. The summed E-state index contributed by atoms with van der Waals surface area (Å²) >= 11 is 0. The minimum atomic E-state index is -3.55. The van der Waals surface area contributed by atoms with Gasteiger partial charge in [-0.05, 0) is 37.0 Å². The molecule has 0 bridgehead atoms. The second-order valence-electron chi connectivity index (χ2n) is 7.52. The Morgan fingerprint density at radius 3 is 2.15 bits per heavy atom. The number of unbranched alkanes of at least 4 members (excludes halogenated alkanes) is 3. The van der Waals surface area contributed by atoms with Gasteiger partial charge in [0.05, 0.1) is 10.9 Å². The van der Waals surface area contributed by atoms with Gasteiger partial charge in [-0.1, -0.05) is 87.6 Å². The molecule has 2 atom stereocenters. The highest BCUT2D eigenvalue weighted by Gasteiger charge is 2.32. The minimum absolute atomic E-state index is 0.167. The maximum absolute atomic E-state index is 13.3. The fourth-order valence-electron chi connectivity index (χ4n) is 3.62. The Bertz CT molecular complexity index is 785. The largest absolute Gasteiger partial charge is 0.243 e. The van der Waals surface area contributed by atoms with Crippen molar-refractivity contribution < 1.29 is 8.42 Å². The van der Waals surface area contributed by atoms with Crippen molar-refractivity contribution in [3.63, 3.8) is 0 Å². The number of rotatable bonds is 10. The molecule has 0 fully saturated rings. The van der Waals surface area contributed by atoms with Crippen molar-refractivity contribution in [3.8, 4) is 0 Å². The molecule has 0 radical (unpaired) electrons. The molecule has 0 amide bonds. The zero-order valence-corrected chi connectivity index (χ0v) is 17.9. The number of sulfonamides is 1. The van der Waals surface area contributed by atoms with Crippen molar-refractivity contribution in [3.05, 3.63) is 65.7 Å². The molecule has 27 heavy (non-hydrogen) atoms. The monoisotopic (exact) mass is 387 g/mol. The summed E-state index contributed by atoms with van der Waals surface area (Å²) in [5.74, 6) is 0.245. The van der Waals surface area contributed by atoms with Crippen LogP contribution in [0, 0.1) is 12.8 Å². The van der Waals surface area contributed by atoms with Gasteiger partial charge in [-0.3, -0.25) is 0 Å². The van der Waals surface area contributed by atoms with E-state index in [9.17, 15) is 8.42 Å². The molecule has 0 saturated carbocycles. The van der Waals surface area contributed by atoms with E-state index in [0.717, 1.165) is 24.0 Å². The van der Waals surface area contributed by atoms with Crippen LogP contribution in [0.5, 0.6) is 0 Å². The van der Waals surface area contributed by atoms with Gasteiger partial charge in [0.25, 0.3) is 0 Å². The molecule has 2 rings (SSSR count). The van der Waals surface area contributed by atoms with Crippen LogP contribution in [0.15, 0.2) is 59.5 Å². The van der Waals surface area contributed by atoms with E-state index in [-0.39, 0.29) is 12.0 Å². The van der Waals surface area contributed by atoms with Crippen molar-refractivity contribution in [2.45, 2.75) is 63.8 Å². The summed E-state index contributed by atoms with van der Waals surface area (Å²) in [4.78, 5) is 0.356. The second kappa shape index (κ2) is 10.0. The highest BCUT2D eigenvalue weighted by Crippen LogP contribution is 2.34. The minimum Gasteiger partial charge on any atom is -0.207 e. The lowest BCUT2D eigenvalue weighted by atomic mass is 9.90. The number of nitrogens with zero attached hydrogens (tertiary/aromatic N) is 1. The molecule has 0 aliphatic rings. The van der Waals surface area contributed by atoms with Crippen molar-refractivity contribution in [1.29, 1.82) is 0 Å². The first-order chi connectivity index (χ1) is 12.9. The van der Waals surface area contributed by atoms with E-state index in [1.165, 1.54) is 19.3 Å². The summed E-state index contributed by atoms with van der Waals surface area (Å²) < 4.78 is 28.1. The summed E-state index contributed by atoms with van der Waals surface area (Å²) in [6, 6.07) is 17.0. The average Bonchev–Trinajstić information content (AvgIpc) is 2.66. The summed E-state index contributed by atoms with van der Waals surface area (Å²) in [6.45, 7) is 6.34. The second-order valence-corrected chi connectivity index (χ2v) is 9.51. The average molecular weight is 388 g/mol. The molecule has 0 spiro atoms. The van der Waals surface area contributed by atoms with Crippen molar-refractivity contribution >= 4 is 10.0 Å². The van der Waals surface area contributed by atoms with E-state index in [1.54, 1.807) is 23.5 Å². The van der Waals surface area contributed by atoms with Gasteiger partial charge in [0, 0.05) is 7.05 Å². The van der Waals surface area contributed by atoms with Crippen LogP contribution in [0.3, 0.4) is 0 Å². The molecule has 148 valence electrons. The van der Waals surface area contributed by atoms with Crippen molar-refractivity contribution in [2.24, 2.45) is 5.92 Å². The third kappa shape index (κ3) is 5.66. The predicted octanol–water partition coefficient (Wildman–Crippen LogP) is 5.96. The summed E-state index contributed by atoms with van der Waals surface area (Å²) in [7, 11) is -1.83. The third-order valence-corrected chi connectivity index (χ3v) is 7.14. The molecule has 0 aliphatic heterocycles. The Morgan fingerprint density at radius 2 is 1.56 bits per heavy atom. The van der Waals surface area contributed by atoms with Crippen LogP contribution in [0.4, 0.5) is 0 Å². The predicted molar refractivity (Wildman–Crippen MR) is 113 cm³/mol. The highest BCUT2D eigenvalue weighted by molar-refractivity contribution is 7.89. The standard InChI is InChI=1S/C23H33NO2S/c1-5-6-7-9-12-20(3)23(21-13-10-8-11-14-21)24(4)27(25,26)22-17-15-19(2)16-18-22/h8,10-11,13-18,20,23H,5-7,9,12H2,1-4H3. The van der Waals surface area contributed by atoms with E-state index in [4.69, 9.17) is 0 Å². The van der Waals surface area contributed by atoms with Gasteiger partial charge in [0.15, 0.2) is 0 Å². The lowest BCUT2D eigenvalue weighted by molar-refractivity contribution is 0.268. The van der Waals surface area contributed by atoms with Gasteiger partial charge < -0.3 is 0 Å². The van der Waals surface area contributed by atoms with E-state index in [1.807, 2.05) is 49.4 Å². The van der Waals surface area contributed by atoms with Crippen molar-refractivity contribution in [1.82, 2.24) is 4.31 Å². The molecule has 2 aromatic carbocycles. The van der Waals surface area contributed by atoms with Gasteiger partial charge in [-0.2, -0.15) is 4.31 Å². The van der Waals surface area contributed by atoms with Crippen LogP contribution in [0.25, 0.3) is 0 Å². The van der Waals surface area contributed by atoms with Crippen molar-refractivity contribution in [2.75, 3.05) is 7.05 Å². The molecule has 0 N–H and O–H groups in total. The highest BCUT2D eigenvalue weighted by atomic mass is 32.2. The summed E-state index contributed by atoms with van der Waals surface area (Å²) in [6.07, 6.45) is 5.80. The smallest absolute Gasteiger partial charge is 0.207 e. The third-order valence-electron chi connectivity index (χ3n) is 5.28. The van der Waals surface area contributed by atoms with E-state index >= 15 is 0 Å². The molecular weight excluding hydrogens is 354 g/mol. The van der Waals surface area contributed by atoms with Gasteiger partial charge in [-0.25, -0.2) is 8.42 Å². The van der Waals surface area contributed by atoms with E-state index in [0.29, 0.717) is 4.90 Å². The van der Waals surface area contributed by atoms with Crippen LogP contribution < -0.4 is 0 Å². The lowest BCUT2D eigenvalue weighted by Gasteiger charge is -2.33. The van der Waals surface area contributed by atoms with Gasteiger partial charge in [0.1, 0.15) is 0 Å². The fourth-order valence-corrected chi connectivity index (χ4v) is 5.07. The molecule has 0 saturated heterocycles. The Hall–Kier alpha value is -1.65. The number of hydrogen-bond acceptors (Lipinski definition) is 2. The molecule has 2 aromatic rings. The Morgan fingerprint density at radius 1 is 0.926 bits per heavy atom. The van der Waals surface area contributed by atoms with E-state index in [2.05, 4.69) is 13.8 Å².